The molecule has 4 rings (SSSR count). The highest BCUT2D eigenvalue weighted by Crippen LogP contribution is 2.24. The number of aromatic nitrogens is 6. The lowest BCUT2D eigenvalue weighted by Crippen LogP contribution is -2.38. The maximum Gasteiger partial charge on any atom is 0.224 e. The molecule has 2 N–H and O–H groups in total. The molecule has 3 aromatic heterocycles. The van der Waals surface area contributed by atoms with Crippen LogP contribution in [0, 0.1) is 0 Å². The van der Waals surface area contributed by atoms with Gasteiger partial charge in [-0.1, -0.05) is 0 Å². The molecule has 1 aliphatic rings. The minimum atomic E-state index is -0.200. The first-order valence-corrected chi connectivity index (χ1v) is 8.85. The van der Waals surface area contributed by atoms with Crippen LogP contribution in [0.15, 0.2) is 18.7 Å². The topological polar surface area (TPSA) is 108 Å². The number of fused-ring (bicyclic) bond motifs is 1. The highest BCUT2D eigenvalue weighted by Gasteiger charge is 2.26. The Morgan fingerprint density at radius 3 is 2.81 bits per heavy atom. The van der Waals surface area contributed by atoms with Crippen molar-refractivity contribution in [2.24, 2.45) is 0 Å². The van der Waals surface area contributed by atoms with Gasteiger partial charge in [0.05, 0.1) is 12.9 Å². The molecule has 10 heteroatoms. The zero-order valence-electron chi connectivity index (χ0n) is 15.7. The number of ether oxygens (including phenoxy) is 1. The van der Waals surface area contributed by atoms with Gasteiger partial charge in [-0.3, -0.25) is 4.90 Å². The van der Waals surface area contributed by atoms with Gasteiger partial charge in [-0.05, 0) is 0 Å². The molecule has 0 radical (unpaired) electrons. The molecule has 3 aromatic rings. The molecule has 0 aliphatic carbocycles. The molecule has 1 aliphatic heterocycles. The SMILES string of the molecule is CNc1nc(C2CN(Cc3cnc(N(C)C)nc3)CCO2)nc2nc[nH]c12. The molecule has 0 bridgehead atoms. The Hall–Kier alpha value is -2.85. The van der Waals surface area contributed by atoms with Gasteiger partial charge in [0.1, 0.15) is 11.6 Å². The minimum Gasteiger partial charge on any atom is -0.371 e. The van der Waals surface area contributed by atoms with Crippen molar-refractivity contribution in [3.63, 3.8) is 0 Å². The first-order chi connectivity index (χ1) is 13.1. The Kier molecular flexibility index (Phi) is 4.82. The molecule has 0 spiro atoms. The first-order valence-electron chi connectivity index (χ1n) is 8.85. The Bertz CT molecular complexity index is 908. The molecule has 0 saturated carbocycles. The Morgan fingerprint density at radius 1 is 1.26 bits per heavy atom. The highest BCUT2D eigenvalue weighted by molar-refractivity contribution is 5.82. The van der Waals surface area contributed by atoms with Gasteiger partial charge in [0.2, 0.25) is 5.95 Å². The van der Waals surface area contributed by atoms with Gasteiger partial charge in [0.25, 0.3) is 0 Å². The van der Waals surface area contributed by atoms with Crippen molar-refractivity contribution in [1.29, 1.82) is 0 Å². The lowest BCUT2D eigenvalue weighted by molar-refractivity contribution is -0.0370. The quantitative estimate of drug-likeness (QED) is 0.676. The van der Waals surface area contributed by atoms with Crippen molar-refractivity contribution in [3.05, 3.63) is 30.1 Å². The summed E-state index contributed by atoms with van der Waals surface area (Å²) in [5, 5.41) is 3.09. The third-order valence-electron chi connectivity index (χ3n) is 4.48. The van der Waals surface area contributed by atoms with Gasteiger partial charge in [0.15, 0.2) is 17.3 Å². The second kappa shape index (κ2) is 7.41. The number of H-pyrrole nitrogens is 1. The van der Waals surface area contributed by atoms with Gasteiger partial charge < -0.3 is 19.9 Å². The fourth-order valence-electron chi connectivity index (χ4n) is 3.10. The minimum absolute atomic E-state index is 0.200. The number of hydrogen-bond acceptors (Lipinski definition) is 9. The molecule has 4 heterocycles. The zero-order chi connectivity index (χ0) is 18.8. The van der Waals surface area contributed by atoms with E-state index >= 15 is 0 Å². The Balaban J connectivity index is 1.49. The monoisotopic (exact) mass is 369 g/mol. The normalized spacial score (nSPS) is 18.0. The molecule has 1 atom stereocenters. The van der Waals surface area contributed by atoms with Crippen LogP contribution in [0.1, 0.15) is 17.5 Å². The lowest BCUT2D eigenvalue weighted by Gasteiger charge is -2.32. The second-order valence-corrected chi connectivity index (χ2v) is 6.66. The summed E-state index contributed by atoms with van der Waals surface area (Å²) < 4.78 is 5.94. The van der Waals surface area contributed by atoms with E-state index in [4.69, 9.17) is 4.74 Å². The van der Waals surface area contributed by atoms with Crippen LogP contribution in [0.2, 0.25) is 0 Å². The van der Waals surface area contributed by atoms with E-state index in [1.54, 1.807) is 6.33 Å². The third kappa shape index (κ3) is 3.67. The Labute approximate surface area is 157 Å². The van der Waals surface area contributed by atoms with Crippen molar-refractivity contribution < 1.29 is 4.74 Å². The number of hydrogen-bond donors (Lipinski definition) is 2. The standard InChI is InChI=1S/C17H23N9O/c1-18-15-13-16(22-10-21-13)24-14(23-15)12-9-26(4-5-27-12)8-11-6-19-17(20-7-11)25(2)3/h6-7,10,12H,4-5,8-9H2,1-3H3,(H2,18,21,22,23,24). The average Bonchev–Trinajstić information content (AvgIpc) is 3.16. The van der Waals surface area contributed by atoms with E-state index < -0.39 is 0 Å². The summed E-state index contributed by atoms with van der Waals surface area (Å²) in [6, 6.07) is 0. The van der Waals surface area contributed by atoms with Crippen LogP contribution in [0.25, 0.3) is 11.2 Å². The van der Waals surface area contributed by atoms with E-state index in [-0.39, 0.29) is 6.10 Å². The molecule has 1 unspecified atom stereocenters. The summed E-state index contributed by atoms with van der Waals surface area (Å²) in [5.41, 5.74) is 2.51. The van der Waals surface area contributed by atoms with E-state index in [1.165, 1.54) is 0 Å². The second-order valence-electron chi connectivity index (χ2n) is 6.66. The summed E-state index contributed by atoms with van der Waals surface area (Å²) in [7, 11) is 5.69. The van der Waals surface area contributed by atoms with Crippen LogP contribution in [0.3, 0.4) is 0 Å². The van der Waals surface area contributed by atoms with Gasteiger partial charge in [0, 0.05) is 58.7 Å². The van der Waals surface area contributed by atoms with Gasteiger partial charge in [-0.2, -0.15) is 0 Å². The molecule has 0 amide bonds. The highest BCUT2D eigenvalue weighted by atomic mass is 16.5. The van der Waals surface area contributed by atoms with Gasteiger partial charge in [-0.25, -0.2) is 24.9 Å². The molecular weight excluding hydrogens is 346 g/mol. The van der Waals surface area contributed by atoms with E-state index in [9.17, 15) is 0 Å². The molecule has 27 heavy (non-hydrogen) atoms. The van der Waals surface area contributed by atoms with Crippen LogP contribution in [0.5, 0.6) is 0 Å². The van der Waals surface area contributed by atoms with E-state index in [0.717, 1.165) is 30.0 Å². The van der Waals surface area contributed by atoms with Crippen LogP contribution < -0.4 is 10.2 Å². The van der Waals surface area contributed by atoms with Crippen LogP contribution in [-0.2, 0) is 11.3 Å². The molecule has 1 saturated heterocycles. The van der Waals surface area contributed by atoms with Gasteiger partial charge >= 0.3 is 0 Å². The van der Waals surface area contributed by atoms with Crippen molar-refractivity contribution in [3.8, 4) is 0 Å². The molecule has 1 fully saturated rings. The van der Waals surface area contributed by atoms with Crippen molar-refractivity contribution in [2.75, 3.05) is 51.1 Å². The van der Waals surface area contributed by atoms with Crippen molar-refractivity contribution in [2.45, 2.75) is 12.6 Å². The fraction of sp³-hybridized carbons (Fsp3) is 0.471. The summed E-state index contributed by atoms with van der Waals surface area (Å²) in [4.78, 5) is 29.4. The molecule has 0 aromatic carbocycles. The number of rotatable bonds is 5. The average molecular weight is 369 g/mol. The van der Waals surface area contributed by atoms with Crippen molar-refractivity contribution >= 4 is 22.9 Å². The number of imidazole rings is 1. The summed E-state index contributed by atoms with van der Waals surface area (Å²) >= 11 is 0. The van der Waals surface area contributed by atoms with Crippen LogP contribution >= 0.6 is 0 Å². The predicted octanol–water partition coefficient (Wildman–Crippen LogP) is 0.824. The maximum absolute atomic E-state index is 5.94. The number of nitrogens with zero attached hydrogens (tertiary/aromatic N) is 7. The summed E-state index contributed by atoms with van der Waals surface area (Å²) in [5.74, 6) is 2.07. The number of nitrogens with one attached hydrogen (secondary N) is 2. The smallest absolute Gasteiger partial charge is 0.224 e. The van der Waals surface area contributed by atoms with Crippen LogP contribution in [-0.4, -0.2) is 75.6 Å². The van der Waals surface area contributed by atoms with E-state index in [1.807, 2.05) is 38.4 Å². The maximum atomic E-state index is 5.94. The Morgan fingerprint density at radius 2 is 2.07 bits per heavy atom. The molecular formula is C17H23N9O. The van der Waals surface area contributed by atoms with Crippen LogP contribution in [0.4, 0.5) is 11.8 Å². The summed E-state index contributed by atoms with van der Waals surface area (Å²) in [6.45, 7) is 2.93. The summed E-state index contributed by atoms with van der Waals surface area (Å²) in [6.07, 6.45) is 5.17. The number of anilines is 2. The lowest BCUT2D eigenvalue weighted by atomic mass is 10.2. The number of aromatic amines is 1. The number of morpholine rings is 1. The zero-order valence-corrected chi connectivity index (χ0v) is 15.7. The largest absolute Gasteiger partial charge is 0.371 e. The molecule has 10 nitrogen and oxygen atoms in total. The van der Waals surface area contributed by atoms with E-state index in [0.29, 0.717) is 30.6 Å². The van der Waals surface area contributed by atoms with Gasteiger partial charge in [-0.15, -0.1) is 0 Å². The van der Waals surface area contributed by atoms with Crippen molar-refractivity contribution in [1.82, 2.24) is 34.8 Å². The van der Waals surface area contributed by atoms with E-state index in [2.05, 4.69) is 40.1 Å². The molecule has 142 valence electrons. The fourth-order valence-corrected chi connectivity index (χ4v) is 3.10. The first kappa shape index (κ1) is 17.6. The predicted molar refractivity (Wildman–Crippen MR) is 102 cm³/mol. The third-order valence-corrected chi connectivity index (χ3v) is 4.48.